The van der Waals surface area contributed by atoms with Crippen LogP contribution in [0, 0.1) is 0 Å². The SMILES string of the molecule is CCOC(=O)c1cccc2c1[nH]c1c(OC)ccc(Cl)c12. The number of hydrogen-bond donors (Lipinski definition) is 1. The zero-order valence-corrected chi connectivity index (χ0v) is 12.5. The van der Waals surface area contributed by atoms with E-state index in [2.05, 4.69) is 4.98 Å². The van der Waals surface area contributed by atoms with Gasteiger partial charge in [-0.1, -0.05) is 23.7 Å². The second-order valence-corrected chi connectivity index (χ2v) is 4.98. The predicted molar refractivity (Wildman–Crippen MR) is 83.3 cm³/mol. The van der Waals surface area contributed by atoms with Crippen LogP contribution in [-0.2, 0) is 4.74 Å². The van der Waals surface area contributed by atoms with Crippen LogP contribution in [0.1, 0.15) is 17.3 Å². The minimum Gasteiger partial charge on any atom is -0.495 e. The number of methoxy groups -OCH3 is 1. The molecule has 108 valence electrons. The summed E-state index contributed by atoms with van der Waals surface area (Å²) in [5, 5.41) is 2.33. The number of halogens is 1. The molecule has 1 aromatic heterocycles. The molecule has 0 unspecified atom stereocenters. The second-order valence-electron chi connectivity index (χ2n) is 4.57. The van der Waals surface area contributed by atoms with Crippen molar-refractivity contribution >= 4 is 39.4 Å². The van der Waals surface area contributed by atoms with Gasteiger partial charge >= 0.3 is 5.97 Å². The van der Waals surface area contributed by atoms with E-state index in [1.807, 2.05) is 12.1 Å². The molecule has 21 heavy (non-hydrogen) atoms. The number of nitrogens with one attached hydrogen (secondary N) is 1. The van der Waals surface area contributed by atoms with Crippen molar-refractivity contribution in [1.29, 1.82) is 0 Å². The van der Waals surface area contributed by atoms with Crippen molar-refractivity contribution in [3.8, 4) is 5.75 Å². The minimum absolute atomic E-state index is 0.333. The van der Waals surface area contributed by atoms with Crippen molar-refractivity contribution in [3.05, 3.63) is 40.9 Å². The standard InChI is InChI=1S/C16H14ClNO3/c1-3-21-16(19)10-6-4-5-9-13-11(17)7-8-12(20-2)15(13)18-14(9)10/h4-8,18H,3H2,1-2H3. The summed E-state index contributed by atoms with van der Waals surface area (Å²) in [6, 6.07) is 9.05. The van der Waals surface area contributed by atoms with Gasteiger partial charge in [-0.15, -0.1) is 0 Å². The van der Waals surface area contributed by atoms with Crippen molar-refractivity contribution in [1.82, 2.24) is 4.98 Å². The van der Waals surface area contributed by atoms with Crippen molar-refractivity contribution in [3.63, 3.8) is 0 Å². The number of para-hydroxylation sites is 1. The maximum atomic E-state index is 12.1. The lowest BCUT2D eigenvalue weighted by Gasteiger charge is -2.02. The Bertz CT molecular complexity index is 838. The van der Waals surface area contributed by atoms with Gasteiger partial charge in [-0.3, -0.25) is 0 Å². The molecular weight excluding hydrogens is 290 g/mol. The first-order valence-corrected chi connectivity index (χ1v) is 6.99. The van der Waals surface area contributed by atoms with E-state index in [1.54, 1.807) is 32.2 Å². The van der Waals surface area contributed by atoms with Gasteiger partial charge in [-0.05, 0) is 25.1 Å². The van der Waals surface area contributed by atoms with Gasteiger partial charge in [-0.25, -0.2) is 4.79 Å². The summed E-state index contributed by atoms with van der Waals surface area (Å²) in [5.41, 5.74) is 1.97. The zero-order valence-electron chi connectivity index (χ0n) is 11.7. The van der Waals surface area contributed by atoms with Crippen LogP contribution in [0.4, 0.5) is 0 Å². The summed E-state index contributed by atoms with van der Waals surface area (Å²) in [6.07, 6.45) is 0. The van der Waals surface area contributed by atoms with Crippen molar-refractivity contribution in [2.24, 2.45) is 0 Å². The number of ether oxygens (including phenoxy) is 2. The molecule has 0 saturated carbocycles. The maximum Gasteiger partial charge on any atom is 0.340 e. The Morgan fingerprint density at radius 3 is 2.76 bits per heavy atom. The topological polar surface area (TPSA) is 51.3 Å². The van der Waals surface area contributed by atoms with E-state index >= 15 is 0 Å². The molecule has 3 rings (SSSR count). The van der Waals surface area contributed by atoms with E-state index in [0.717, 1.165) is 16.3 Å². The summed E-state index contributed by atoms with van der Waals surface area (Å²) in [7, 11) is 1.60. The summed E-state index contributed by atoms with van der Waals surface area (Å²) < 4.78 is 10.4. The molecule has 0 aliphatic carbocycles. The number of carbonyl (C=O) groups excluding carboxylic acids is 1. The molecule has 1 heterocycles. The third kappa shape index (κ3) is 2.12. The number of rotatable bonds is 3. The Kier molecular flexibility index (Phi) is 3.47. The molecule has 2 aromatic carbocycles. The first kappa shape index (κ1) is 13.8. The average molecular weight is 304 g/mol. The number of aromatic amines is 1. The van der Waals surface area contributed by atoms with Crippen molar-refractivity contribution in [2.45, 2.75) is 6.92 Å². The fraction of sp³-hybridized carbons (Fsp3) is 0.188. The highest BCUT2D eigenvalue weighted by molar-refractivity contribution is 6.38. The molecule has 1 N–H and O–H groups in total. The monoisotopic (exact) mass is 303 g/mol. The fourth-order valence-electron chi connectivity index (χ4n) is 2.51. The molecule has 0 radical (unpaired) electrons. The molecule has 0 amide bonds. The Morgan fingerprint density at radius 1 is 1.24 bits per heavy atom. The number of aromatic nitrogens is 1. The largest absolute Gasteiger partial charge is 0.495 e. The molecular formula is C16H14ClNO3. The third-order valence-electron chi connectivity index (χ3n) is 3.42. The zero-order chi connectivity index (χ0) is 15.0. The second kappa shape index (κ2) is 5.30. The quantitative estimate of drug-likeness (QED) is 0.739. The number of hydrogen-bond acceptors (Lipinski definition) is 3. The lowest BCUT2D eigenvalue weighted by atomic mass is 10.1. The molecule has 0 aliphatic rings. The molecule has 3 aromatic rings. The molecule has 4 nitrogen and oxygen atoms in total. The van der Waals surface area contributed by atoms with Crippen LogP contribution in [0.3, 0.4) is 0 Å². The first-order chi connectivity index (χ1) is 10.2. The normalized spacial score (nSPS) is 11.0. The molecule has 5 heteroatoms. The molecule has 0 saturated heterocycles. The van der Waals surface area contributed by atoms with Crippen LogP contribution >= 0.6 is 11.6 Å². The van der Waals surface area contributed by atoms with E-state index in [4.69, 9.17) is 21.1 Å². The summed E-state index contributed by atoms with van der Waals surface area (Å²) >= 11 is 6.31. The number of carbonyl (C=O) groups is 1. The van der Waals surface area contributed by atoms with E-state index in [0.29, 0.717) is 28.5 Å². The van der Waals surface area contributed by atoms with Crippen molar-refractivity contribution < 1.29 is 14.3 Å². The highest BCUT2D eigenvalue weighted by Gasteiger charge is 2.17. The van der Waals surface area contributed by atoms with Crippen LogP contribution in [0.25, 0.3) is 21.8 Å². The number of fused-ring (bicyclic) bond motifs is 3. The molecule has 0 atom stereocenters. The highest BCUT2D eigenvalue weighted by Crippen LogP contribution is 2.37. The van der Waals surface area contributed by atoms with Gasteiger partial charge in [0, 0.05) is 10.8 Å². The van der Waals surface area contributed by atoms with Gasteiger partial charge in [-0.2, -0.15) is 0 Å². The maximum absolute atomic E-state index is 12.1. The third-order valence-corrected chi connectivity index (χ3v) is 3.73. The molecule has 0 spiro atoms. The molecule has 0 aliphatic heterocycles. The van der Waals surface area contributed by atoms with Crippen LogP contribution in [0.2, 0.25) is 5.02 Å². The molecule has 0 fully saturated rings. The van der Waals surface area contributed by atoms with E-state index < -0.39 is 0 Å². The van der Waals surface area contributed by atoms with E-state index in [1.165, 1.54) is 0 Å². The van der Waals surface area contributed by atoms with E-state index in [9.17, 15) is 4.79 Å². The van der Waals surface area contributed by atoms with Gasteiger partial charge in [0.05, 0.1) is 35.3 Å². The van der Waals surface area contributed by atoms with Crippen LogP contribution in [-0.4, -0.2) is 24.7 Å². The Labute approximate surface area is 126 Å². The van der Waals surface area contributed by atoms with Crippen LogP contribution in [0.15, 0.2) is 30.3 Å². The van der Waals surface area contributed by atoms with Gasteiger partial charge in [0.2, 0.25) is 0 Å². The number of esters is 1. The van der Waals surface area contributed by atoms with Gasteiger partial charge < -0.3 is 14.5 Å². The van der Waals surface area contributed by atoms with Gasteiger partial charge in [0.15, 0.2) is 0 Å². The Hall–Kier alpha value is -2.20. The average Bonchev–Trinajstić information content (AvgIpc) is 2.88. The first-order valence-electron chi connectivity index (χ1n) is 6.61. The summed E-state index contributed by atoms with van der Waals surface area (Å²) in [5.74, 6) is 0.324. The van der Waals surface area contributed by atoms with Gasteiger partial charge in [0.1, 0.15) is 5.75 Å². The molecule has 0 bridgehead atoms. The van der Waals surface area contributed by atoms with Crippen molar-refractivity contribution in [2.75, 3.05) is 13.7 Å². The lowest BCUT2D eigenvalue weighted by molar-refractivity contribution is 0.0528. The summed E-state index contributed by atoms with van der Waals surface area (Å²) in [6.45, 7) is 2.11. The lowest BCUT2D eigenvalue weighted by Crippen LogP contribution is -2.05. The van der Waals surface area contributed by atoms with Crippen LogP contribution in [0.5, 0.6) is 5.75 Å². The number of benzene rings is 2. The Balaban J connectivity index is 2.38. The smallest absolute Gasteiger partial charge is 0.340 e. The fourth-order valence-corrected chi connectivity index (χ4v) is 2.77. The summed E-state index contributed by atoms with van der Waals surface area (Å²) in [4.78, 5) is 15.3. The highest BCUT2D eigenvalue weighted by atomic mass is 35.5. The van der Waals surface area contributed by atoms with Crippen LogP contribution < -0.4 is 4.74 Å². The minimum atomic E-state index is -0.357. The Morgan fingerprint density at radius 2 is 2.05 bits per heavy atom. The van der Waals surface area contributed by atoms with Gasteiger partial charge in [0.25, 0.3) is 0 Å². The van der Waals surface area contributed by atoms with E-state index in [-0.39, 0.29) is 5.97 Å². The predicted octanol–water partition coefficient (Wildman–Crippen LogP) is 4.16. The number of H-pyrrole nitrogens is 1.